The van der Waals surface area contributed by atoms with Gasteiger partial charge in [-0.2, -0.15) is 0 Å². The second kappa shape index (κ2) is 7.39. The fourth-order valence-electron chi connectivity index (χ4n) is 0.780. The largest absolute Gasteiger partial charge is 0.144 e. The molecule has 0 radical (unpaired) electrons. The van der Waals surface area contributed by atoms with Crippen LogP contribution in [0.15, 0.2) is 35.9 Å². The van der Waals surface area contributed by atoms with Crippen molar-refractivity contribution >= 4 is 7.28 Å². The molecule has 0 heterocycles. The van der Waals surface area contributed by atoms with E-state index in [0.29, 0.717) is 0 Å². The zero-order valence-electron chi connectivity index (χ0n) is 7.80. The van der Waals surface area contributed by atoms with E-state index >= 15 is 0 Å². The van der Waals surface area contributed by atoms with E-state index in [1.807, 2.05) is 6.92 Å². The van der Waals surface area contributed by atoms with Crippen LogP contribution in [-0.4, -0.2) is 7.28 Å². The van der Waals surface area contributed by atoms with Crippen LogP contribution in [0.1, 0.15) is 20.3 Å². The molecule has 0 nitrogen and oxygen atoms in total. The van der Waals surface area contributed by atoms with E-state index in [1.54, 1.807) is 0 Å². The lowest BCUT2D eigenvalue weighted by Gasteiger charge is -1.92. The molecule has 0 atom stereocenters. The van der Waals surface area contributed by atoms with Gasteiger partial charge in [-0.15, -0.1) is 5.98 Å². The normalized spacial score (nSPS) is 13.2. The van der Waals surface area contributed by atoms with E-state index in [0.717, 1.165) is 13.7 Å². The van der Waals surface area contributed by atoms with Crippen LogP contribution < -0.4 is 0 Å². The Morgan fingerprint density at radius 1 is 1.45 bits per heavy atom. The van der Waals surface area contributed by atoms with Gasteiger partial charge in [0.2, 0.25) is 0 Å². The molecule has 0 amide bonds. The van der Waals surface area contributed by atoms with Gasteiger partial charge in [-0.25, -0.2) is 0 Å². The van der Waals surface area contributed by atoms with Crippen LogP contribution in [0.2, 0.25) is 6.82 Å². The molecule has 0 aliphatic carbocycles. The van der Waals surface area contributed by atoms with E-state index < -0.39 is 0 Å². The highest BCUT2D eigenvalue weighted by Gasteiger charge is 1.83. The van der Waals surface area contributed by atoms with Crippen molar-refractivity contribution in [1.29, 1.82) is 0 Å². The molecule has 0 bridgehead atoms. The van der Waals surface area contributed by atoms with Gasteiger partial charge in [0.1, 0.15) is 7.28 Å². The molecule has 0 fully saturated rings. The third kappa shape index (κ3) is 5.72. The minimum absolute atomic E-state index is 1.11. The van der Waals surface area contributed by atoms with Crippen LogP contribution in [0, 0.1) is 0 Å². The summed E-state index contributed by atoms with van der Waals surface area (Å²) in [5, 5.41) is 0. The molecule has 0 aliphatic heterocycles. The fraction of sp³-hybridized carbons (Fsp3) is 0.400. The molecular weight excluding hydrogens is 131 g/mol. The summed E-state index contributed by atoms with van der Waals surface area (Å²) < 4.78 is 0. The smallest absolute Gasteiger partial charge is 0.119 e. The first-order chi connectivity index (χ1) is 5.35. The first-order valence-corrected chi connectivity index (χ1v) is 4.33. The van der Waals surface area contributed by atoms with Crippen molar-refractivity contribution in [2.75, 3.05) is 0 Å². The Labute approximate surface area is 70.9 Å². The van der Waals surface area contributed by atoms with Gasteiger partial charge in [-0.3, -0.25) is 0 Å². The fourth-order valence-corrected chi connectivity index (χ4v) is 0.780. The van der Waals surface area contributed by atoms with Crippen molar-refractivity contribution < 1.29 is 0 Å². The number of hydrogen-bond acceptors (Lipinski definition) is 0. The Morgan fingerprint density at radius 2 is 2.18 bits per heavy atom. The van der Waals surface area contributed by atoms with E-state index in [4.69, 9.17) is 0 Å². The SMILES string of the molecule is CB\C=C/C(=C\C=C/C)CC. The van der Waals surface area contributed by atoms with E-state index in [2.05, 4.69) is 44.0 Å². The Morgan fingerprint density at radius 3 is 2.64 bits per heavy atom. The summed E-state index contributed by atoms with van der Waals surface area (Å²) >= 11 is 0. The van der Waals surface area contributed by atoms with Crippen molar-refractivity contribution in [2.45, 2.75) is 27.1 Å². The molecule has 60 valence electrons. The van der Waals surface area contributed by atoms with Gasteiger partial charge in [0.15, 0.2) is 0 Å². The molecule has 0 aromatic heterocycles. The summed E-state index contributed by atoms with van der Waals surface area (Å²) in [5.41, 5.74) is 1.39. The monoisotopic (exact) mass is 148 g/mol. The molecule has 0 saturated carbocycles. The zero-order chi connectivity index (χ0) is 8.53. The highest BCUT2D eigenvalue weighted by molar-refractivity contribution is 6.40. The lowest BCUT2D eigenvalue weighted by Crippen LogP contribution is -1.76. The quantitative estimate of drug-likeness (QED) is 0.424. The molecule has 0 spiro atoms. The molecule has 0 rings (SSSR count). The van der Waals surface area contributed by atoms with Crippen LogP contribution in [0.4, 0.5) is 0 Å². The van der Waals surface area contributed by atoms with Gasteiger partial charge in [0, 0.05) is 0 Å². The van der Waals surface area contributed by atoms with Gasteiger partial charge in [-0.05, 0) is 18.9 Å². The van der Waals surface area contributed by atoms with Crippen LogP contribution in [0.3, 0.4) is 0 Å². The topological polar surface area (TPSA) is 0 Å². The second-order valence-corrected chi connectivity index (χ2v) is 2.43. The minimum Gasteiger partial charge on any atom is -0.119 e. The lowest BCUT2D eigenvalue weighted by molar-refractivity contribution is 1.15. The standard InChI is InChI=1S/C10H17B/c1-4-6-7-10(5-2)8-9-11-3/h4,6-9,11H,5H2,1-3H3/b6-4-,9-8-,10-7-. The maximum absolute atomic E-state index is 2.19. The summed E-state index contributed by atoms with van der Waals surface area (Å²) in [6.45, 7) is 6.36. The number of hydrogen-bond donors (Lipinski definition) is 0. The molecular formula is C10H17B. The van der Waals surface area contributed by atoms with Crippen LogP contribution in [0.25, 0.3) is 0 Å². The Balaban J connectivity index is 4.04. The average molecular weight is 148 g/mol. The summed E-state index contributed by atoms with van der Waals surface area (Å²) in [7, 11) is 1.12. The van der Waals surface area contributed by atoms with E-state index in [9.17, 15) is 0 Å². The summed E-state index contributed by atoms with van der Waals surface area (Å²) in [6, 6.07) is 0. The average Bonchev–Trinajstić information content (AvgIpc) is 2.05. The number of allylic oxidation sites excluding steroid dienone is 5. The molecule has 11 heavy (non-hydrogen) atoms. The Hall–Kier alpha value is -0.715. The molecule has 0 N–H and O–H groups in total. The molecule has 0 aliphatic rings. The van der Waals surface area contributed by atoms with Gasteiger partial charge in [0.05, 0.1) is 0 Å². The van der Waals surface area contributed by atoms with Crippen molar-refractivity contribution in [2.24, 2.45) is 0 Å². The molecule has 0 aromatic carbocycles. The van der Waals surface area contributed by atoms with Crippen LogP contribution in [-0.2, 0) is 0 Å². The summed E-state index contributed by atoms with van der Waals surface area (Å²) in [5.74, 6) is 2.19. The third-order valence-electron chi connectivity index (χ3n) is 1.48. The Bertz CT molecular complexity index is 164. The van der Waals surface area contributed by atoms with Gasteiger partial charge in [0.25, 0.3) is 0 Å². The first-order valence-electron chi connectivity index (χ1n) is 4.33. The molecule has 0 aromatic rings. The van der Waals surface area contributed by atoms with E-state index in [1.165, 1.54) is 5.57 Å². The van der Waals surface area contributed by atoms with Crippen molar-refractivity contribution in [3.63, 3.8) is 0 Å². The van der Waals surface area contributed by atoms with Crippen molar-refractivity contribution in [3.8, 4) is 0 Å². The molecule has 1 heteroatoms. The highest BCUT2D eigenvalue weighted by atomic mass is 13.9. The van der Waals surface area contributed by atoms with Gasteiger partial charge >= 0.3 is 0 Å². The predicted octanol–water partition coefficient (Wildman–Crippen LogP) is 2.90. The maximum Gasteiger partial charge on any atom is 0.144 e. The second-order valence-electron chi connectivity index (χ2n) is 2.43. The summed E-state index contributed by atoms with van der Waals surface area (Å²) in [4.78, 5) is 0. The third-order valence-corrected chi connectivity index (χ3v) is 1.48. The lowest BCUT2D eigenvalue weighted by atomic mass is 9.82. The minimum atomic E-state index is 1.11. The van der Waals surface area contributed by atoms with Crippen LogP contribution >= 0.6 is 0 Å². The zero-order valence-corrected chi connectivity index (χ0v) is 7.80. The molecule has 0 saturated heterocycles. The van der Waals surface area contributed by atoms with Crippen molar-refractivity contribution in [1.82, 2.24) is 0 Å². The van der Waals surface area contributed by atoms with Gasteiger partial charge < -0.3 is 0 Å². The highest BCUT2D eigenvalue weighted by Crippen LogP contribution is 2.02. The molecule has 0 unspecified atom stereocenters. The predicted molar refractivity (Wildman–Crippen MR) is 55.3 cm³/mol. The Kier molecular flexibility index (Phi) is 6.91. The number of rotatable bonds is 4. The van der Waals surface area contributed by atoms with Crippen molar-refractivity contribution in [3.05, 3.63) is 35.9 Å². The van der Waals surface area contributed by atoms with Crippen LogP contribution in [0.5, 0.6) is 0 Å². The van der Waals surface area contributed by atoms with Gasteiger partial charge in [-0.1, -0.05) is 38.1 Å². The first kappa shape index (κ1) is 10.3. The van der Waals surface area contributed by atoms with E-state index in [-0.39, 0.29) is 0 Å². The maximum atomic E-state index is 2.19. The summed E-state index contributed by atoms with van der Waals surface area (Å²) in [6.07, 6.45) is 9.60.